The maximum atomic E-state index is 13.2. The number of hydrogen-bond acceptors (Lipinski definition) is 3. The Kier molecular flexibility index (Phi) is 5.45. The summed E-state index contributed by atoms with van der Waals surface area (Å²) in [6.45, 7) is 0.882. The van der Waals surface area contributed by atoms with E-state index in [4.69, 9.17) is 11.6 Å². The first-order chi connectivity index (χ1) is 14.1. The second kappa shape index (κ2) is 8.33. The predicted molar refractivity (Wildman–Crippen MR) is 115 cm³/mol. The Morgan fingerprint density at radius 3 is 2.21 bits per heavy atom. The van der Waals surface area contributed by atoms with E-state index in [1.807, 2.05) is 60.7 Å². The summed E-state index contributed by atoms with van der Waals surface area (Å²) in [6.07, 6.45) is 1.52. The molecule has 0 radical (unpaired) electrons. The van der Waals surface area contributed by atoms with Crippen LogP contribution in [0.15, 0.2) is 90.6 Å². The van der Waals surface area contributed by atoms with E-state index in [1.165, 1.54) is 6.20 Å². The van der Waals surface area contributed by atoms with Crippen LogP contribution in [0, 0.1) is 0 Å². The van der Waals surface area contributed by atoms with E-state index in [0.717, 1.165) is 11.1 Å². The SMILES string of the molecule is O=C1/C(=C\NCc2ccccc2)C(=O)N(Cc2ccccc2)c2cc(Cl)ccc21. The van der Waals surface area contributed by atoms with Crippen molar-refractivity contribution in [3.05, 3.63) is 112 Å². The number of anilines is 1. The maximum absolute atomic E-state index is 13.2. The summed E-state index contributed by atoms with van der Waals surface area (Å²) in [4.78, 5) is 27.8. The number of rotatable bonds is 5. The number of nitrogens with one attached hydrogen (secondary N) is 1. The normalized spacial score (nSPS) is 14.8. The number of benzene rings is 3. The van der Waals surface area contributed by atoms with Gasteiger partial charge < -0.3 is 10.2 Å². The molecule has 1 heterocycles. The summed E-state index contributed by atoms with van der Waals surface area (Å²) < 4.78 is 0. The average Bonchev–Trinajstić information content (AvgIpc) is 2.75. The quantitative estimate of drug-likeness (QED) is 0.495. The molecular formula is C24H19ClN2O2. The summed E-state index contributed by atoms with van der Waals surface area (Å²) in [5, 5.41) is 3.59. The van der Waals surface area contributed by atoms with Crippen LogP contribution in [0.3, 0.4) is 0 Å². The minimum Gasteiger partial charge on any atom is -0.386 e. The second-order valence-corrected chi connectivity index (χ2v) is 7.23. The van der Waals surface area contributed by atoms with Crippen molar-refractivity contribution in [3.8, 4) is 0 Å². The van der Waals surface area contributed by atoms with Crippen LogP contribution in [0.5, 0.6) is 0 Å². The summed E-state index contributed by atoms with van der Waals surface area (Å²) in [6, 6.07) is 24.5. The molecule has 4 nitrogen and oxygen atoms in total. The van der Waals surface area contributed by atoms with Crippen molar-refractivity contribution in [3.63, 3.8) is 0 Å². The minimum absolute atomic E-state index is 0.117. The molecule has 0 aliphatic carbocycles. The smallest absolute Gasteiger partial charge is 0.264 e. The van der Waals surface area contributed by atoms with Crippen LogP contribution in [0.25, 0.3) is 0 Å². The predicted octanol–water partition coefficient (Wildman–Crippen LogP) is 4.74. The Hall–Kier alpha value is -3.37. The van der Waals surface area contributed by atoms with Gasteiger partial charge in [0.15, 0.2) is 0 Å². The number of fused-ring (bicyclic) bond motifs is 1. The van der Waals surface area contributed by atoms with Gasteiger partial charge in [0.2, 0.25) is 5.78 Å². The van der Waals surface area contributed by atoms with Crippen molar-refractivity contribution in [2.75, 3.05) is 4.90 Å². The van der Waals surface area contributed by atoms with Crippen LogP contribution >= 0.6 is 11.6 Å². The number of halogens is 1. The highest BCUT2D eigenvalue weighted by atomic mass is 35.5. The first kappa shape index (κ1) is 19.0. The van der Waals surface area contributed by atoms with Gasteiger partial charge in [-0.05, 0) is 29.3 Å². The van der Waals surface area contributed by atoms with Gasteiger partial charge in [-0.15, -0.1) is 0 Å². The summed E-state index contributed by atoms with van der Waals surface area (Å²) in [5.41, 5.74) is 3.16. The van der Waals surface area contributed by atoms with Gasteiger partial charge in [0.25, 0.3) is 5.91 Å². The molecule has 0 fully saturated rings. The van der Waals surface area contributed by atoms with Gasteiger partial charge in [0, 0.05) is 23.3 Å². The van der Waals surface area contributed by atoms with Gasteiger partial charge in [-0.2, -0.15) is 0 Å². The zero-order valence-electron chi connectivity index (χ0n) is 15.6. The van der Waals surface area contributed by atoms with Crippen LogP contribution in [0.2, 0.25) is 5.02 Å². The molecule has 3 aromatic carbocycles. The fourth-order valence-corrected chi connectivity index (χ4v) is 3.50. The fourth-order valence-electron chi connectivity index (χ4n) is 3.33. The Morgan fingerprint density at radius 2 is 1.52 bits per heavy atom. The third kappa shape index (κ3) is 4.08. The van der Waals surface area contributed by atoms with Gasteiger partial charge in [0.1, 0.15) is 5.57 Å². The molecule has 0 saturated carbocycles. The molecule has 1 aliphatic heterocycles. The van der Waals surface area contributed by atoms with Crippen molar-refractivity contribution < 1.29 is 9.59 Å². The summed E-state index contributed by atoms with van der Waals surface area (Å²) in [7, 11) is 0. The lowest BCUT2D eigenvalue weighted by atomic mass is 9.95. The number of hydrogen-bond donors (Lipinski definition) is 1. The molecular weight excluding hydrogens is 384 g/mol. The second-order valence-electron chi connectivity index (χ2n) is 6.79. The van der Waals surface area contributed by atoms with Gasteiger partial charge in [0.05, 0.1) is 12.2 Å². The number of carbonyl (C=O) groups is 2. The highest BCUT2D eigenvalue weighted by molar-refractivity contribution is 6.36. The molecule has 3 aromatic rings. The largest absolute Gasteiger partial charge is 0.386 e. The lowest BCUT2D eigenvalue weighted by Gasteiger charge is -2.30. The van der Waals surface area contributed by atoms with Crippen molar-refractivity contribution in [1.82, 2.24) is 5.32 Å². The highest BCUT2D eigenvalue weighted by Gasteiger charge is 2.34. The van der Waals surface area contributed by atoms with E-state index in [0.29, 0.717) is 29.4 Å². The zero-order valence-corrected chi connectivity index (χ0v) is 16.4. The summed E-state index contributed by atoms with van der Waals surface area (Å²) in [5.74, 6) is -0.638. The Morgan fingerprint density at radius 1 is 0.862 bits per heavy atom. The van der Waals surface area contributed by atoms with E-state index >= 15 is 0 Å². The molecule has 0 spiro atoms. The van der Waals surface area contributed by atoms with E-state index in [-0.39, 0.29) is 17.3 Å². The molecule has 5 heteroatoms. The van der Waals surface area contributed by atoms with Gasteiger partial charge in [-0.1, -0.05) is 72.3 Å². The highest BCUT2D eigenvalue weighted by Crippen LogP contribution is 2.33. The van der Waals surface area contributed by atoms with Crippen LogP contribution in [-0.2, 0) is 17.9 Å². The Balaban J connectivity index is 1.66. The molecule has 4 rings (SSSR count). The van der Waals surface area contributed by atoms with Crippen LogP contribution in [0.4, 0.5) is 5.69 Å². The third-order valence-electron chi connectivity index (χ3n) is 4.79. The average molecular weight is 403 g/mol. The standard InChI is InChI=1S/C24H19ClN2O2/c25-19-11-12-20-22(13-19)27(16-18-9-5-2-6-10-18)24(29)21(23(20)28)15-26-14-17-7-3-1-4-8-17/h1-13,15,26H,14,16H2/b21-15+. The zero-order chi connectivity index (χ0) is 20.2. The molecule has 29 heavy (non-hydrogen) atoms. The lowest BCUT2D eigenvalue weighted by molar-refractivity contribution is -0.115. The van der Waals surface area contributed by atoms with Crippen molar-refractivity contribution in [2.45, 2.75) is 13.1 Å². The molecule has 0 unspecified atom stereocenters. The van der Waals surface area contributed by atoms with Crippen LogP contribution in [0.1, 0.15) is 21.5 Å². The molecule has 1 amide bonds. The molecule has 1 aliphatic rings. The molecule has 0 aromatic heterocycles. The Bertz CT molecular complexity index is 1080. The Labute approximate surface area is 174 Å². The lowest BCUT2D eigenvalue weighted by Crippen LogP contribution is -2.39. The molecule has 144 valence electrons. The van der Waals surface area contributed by atoms with Crippen LogP contribution < -0.4 is 10.2 Å². The first-order valence-electron chi connectivity index (χ1n) is 9.31. The first-order valence-corrected chi connectivity index (χ1v) is 9.69. The molecule has 0 atom stereocenters. The van der Waals surface area contributed by atoms with Crippen molar-refractivity contribution in [2.24, 2.45) is 0 Å². The van der Waals surface area contributed by atoms with E-state index in [9.17, 15) is 9.59 Å². The van der Waals surface area contributed by atoms with E-state index in [2.05, 4.69) is 5.32 Å². The molecule has 1 N–H and O–H groups in total. The van der Waals surface area contributed by atoms with E-state index in [1.54, 1.807) is 23.1 Å². The van der Waals surface area contributed by atoms with Crippen LogP contribution in [-0.4, -0.2) is 11.7 Å². The number of ketones is 1. The van der Waals surface area contributed by atoms with E-state index < -0.39 is 0 Å². The van der Waals surface area contributed by atoms with Gasteiger partial charge in [-0.25, -0.2) is 0 Å². The monoisotopic (exact) mass is 402 g/mol. The molecule has 0 bridgehead atoms. The van der Waals surface area contributed by atoms with Crippen molar-refractivity contribution in [1.29, 1.82) is 0 Å². The summed E-state index contributed by atoms with van der Waals surface area (Å²) >= 11 is 6.15. The fraction of sp³-hybridized carbons (Fsp3) is 0.0833. The molecule has 0 saturated heterocycles. The number of carbonyl (C=O) groups excluding carboxylic acids is 2. The number of Topliss-reactive ketones (excluding diaryl/α,β-unsaturated/α-hetero) is 1. The third-order valence-corrected chi connectivity index (χ3v) is 5.03. The topological polar surface area (TPSA) is 49.4 Å². The maximum Gasteiger partial charge on any atom is 0.264 e. The van der Waals surface area contributed by atoms with Gasteiger partial charge >= 0.3 is 0 Å². The number of nitrogens with zero attached hydrogens (tertiary/aromatic N) is 1. The minimum atomic E-state index is -0.339. The van der Waals surface area contributed by atoms with Gasteiger partial charge in [-0.3, -0.25) is 9.59 Å². The van der Waals surface area contributed by atoms with Crippen molar-refractivity contribution >= 4 is 29.0 Å². The number of amides is 1.